The minimum Gasteiger partial charge on any atom is -0.497 e. The fourth-order valence-electron chi connectivity index (χ4n) is 9.61. The van der Waals surface area contributed by atoms with E-state index < -0.39 is 10.8 Å². The molecule has 0 bridgehead atoms. The van der Waals surface area contributed by atoms with Gasteiger partial charge in [0.05, 0.1) is 45.3 Å². The minimum atomic E-state index is -0.656. The highest BCUT2D eigenvalue weighted by Gasteiger charge is 2.53. The third-order valence-corrected chi connectivity index (χ3v) is 14.0. The summed E-state index contributed by atoms with van der Waals surface area (Å²) in [6.07, 6.45) is 4.41. The highest BCUT2D eigenvalue weighted by atomic mass is 32.1. The van der Waals surface area contributed by atoms with E-state index in [-0.39, 0.29) is 22.4 Å². The number of benzene rings is 2. The average molecular weight is 735 g/mol. The van der Waals surface area contributed by atoms with E-state index >= 15 is 0 Å². The Bertz CT molecular complexity index is 2200. The highest BCUT2D eigenvalue weighted by molar-refractivity contribution is 7.12. The summed E-state index contributed by atoms with van der Waals surface area (Å²) in [6, 6.07) is 16.3. The monoisotopic (exact) mass is 734 g/mol. The Morgan fingerprint density at radius 2 is 1.33 bits per heavy atom. The molecule has 0 saturated carbocycles. The molecule has 8 nitrogen and oxygen atoms in total. The van der Waals surface area contributed by atoms with Crippen LogP contribution in [0, 0.1) is 10.8 Å². The van der Waals surface area contributed by atoms with Crippen molar-refractivity contribution < 1.29 is 19.1 Å². The second kappa shape index (κ2) is 12.4. The van der Waals surface area contributed by atoms with Crippen LogP contribution in [0.5, 0.6) is 11.5 Å². The van der Waals surface area contributed by atoms with Crippen LogP contribution in [0.15, 0.2) is 76.6 Å². The van der Waals surface area contributed by atoms with E-state index in [0.717, 1.165) is 84.4 Å². The second-order valence-electron chi connectivity index (χ2n) is 16.0. The van der Waals surface area contributed by atoms with Crippen molar-refractivity contribution in [1.29, 1.82) is 0 Å². The van der Waals surface area contributed by atoms with Crippen molar-refractivity contribution in [3.8, 4) is 11.5 Å². The van der Waals surface area contributed by atoms with Crippen molar-refractivity contribution in [3.63, 3.8) is 0 Å². The number of fused-ring (bicyclic) bond motifs is 2. The Labute approximate surface area is 313 Å². The summed E-state index contributed by atoms with van der Waals surface area (Å²) >= 11 is 3.28. The van der Waals surface area contributed by atoms with Crippen LogP contribution in [0.25, 0.3) is 0 Å². The van der Waals surface area contributed by atoms with Gasteiger partial charge in [0.2, 0.25) is 0 Å². The van der Waals surface area contributed by atoms with Crippen LogP contribution in [0.1, 0.15) is 99.0 Å². The Balaban J connectivity index is 1.21. The first-order chi connectivity index (χ1) is 24.9. The second-order valence-corrected chi connectivity index (χ2v) is 17.9. The van der Waals surface area contributed by atoms with E-state index in [4.69, 9.17) is 19.4 Å². The SMILES string of the molecule is CC[C@@]1(c2cccc(OC)c2)C2=C(CC(C)(Cc3nc4c(s3)[C@@](CC)(c3cccc(OC)c3)C3=C(CC(C)(C)CC3=O)N4)CC2=O)Nc2ncsc21. The molecule has 4 heterocycles. The summed E-state index contributed by atoms with van der Waals surface area (Å²) in [5, 5.41) is 8.26. The maximum Gasteiger partial charge on any atom is 0.162 e. The zero-order chi connectivity index (χ0) is 36.6. The lowest BCUT2D eigenvalue weighted by Crippen LogP contribution is -2.44. The summed E-state index contributed by atoms with van der Waals surface area (Å²) < 4.78 is 11.3. The van der Waals surface area contributed by atoms with Gasteiger partial charge in [-0.3, -0.25) is 9.59 Å². The lowest BCUT2D eigenvalue weighted by atomic mass is 9.61. The average Bonchev–Trinajstić information content (AvgIpc) is 3.75. The van der Waals surface area contributed by atoms with Crippen LogP contribution in [0.2, 0.25) is 0 Å². The molecular weight excluding hydrogens is 689 g/mol. The van der Waals surface area contributed by atoms with E-state index in [1.807, 2.05) is 29.8 Å². The predicted molar refractivity (Wildman–Crippen MR) is 208 cm³/mol. The number of carbonyl (C=O) groups excluding carboxylic acids is 2. The molecule has 0 amide bonds. The fourth-order valence-corrected chi connectivity index (χ4v) is 12.2. The molecule has 1 unspecified atom stereocenters. The van der Waals surface area contributed by atoms with Gasteiger partial charge in [-0.05, 0) is 71.9 Å². The number of aromatic nitrogens is 2. The number of allylic oxidation sites excluding steroid dienone is 4. The molecule has 2 aliphatic carbocycles. The van der Waals surface area contributed by atoms with Gasteiger partial charge in [-0.1, -0.05) is 58.9 Å². The molecular formula is C42H46N4O4S2. The zero-order valence-electron chi connectivity index (χ0n) is 31.0. The first-order valence-electron chi connectivity index (χ1n) is 18.2. The van der Waals surface area contributed by atoms with E-state index in [2.05, 4.69) is 69.5 Å². The summed E-state index contributed by atoms with van der Waals surface area (Å²) in [6.45, 7) is 10.9. The zero-order valence-corrected chi connectivity index (χ0v) is 32.6. The molecule has 0 radical (unpaired) electrons. The molecule has 0 fully saturated rings. The molecule has 52 heavy (non-hydrogen) atoms. The molecule has 270 valence electrons. The van der Waals surface area contributed by atoms with E-state index in [1.165, 1.54) is 0 Å². The van der Waals surface area contributed by atoms with Gasteiger partial charge in [-0.15, -0.1) is 22.7 Å². The number of thiazole rings is 2. The highest BCUT2D eigenvalue weighted by Crippen LogP contribution is 2.59. The molecule has 0 spiro atoms. The summed E-state index contributed by atoms with van der Waals surface area (Å²) in [5.41, 5.74) is 5.78. The van der Waals surface area contributed by atoms with Gasteiger partial charge in [0.1, 0.15) is 23.1 Å². The molecule has 3 atom stereocenters. The first kappa shape index (κ1) is 34.8. The van der Waals surface area contributed by atoms with E-state index in [0.29, 0.717) is 32.1 Å². The number of nitrogens with one attached hydrogen (secondary N) is 2. The van der Waals surface area contributed by atoms with Gasteiger partial charge in [-0.2, -0.15) is 0 Å². The predicted octanol–water partition coefficient (Wildman–Crippen LogP) is 9.37. The number of methoxy groups -OCH3 is 2. The number of Topliss-reactive ketones (excluding diaryl/α,β-unsaturated/α-hetero) is 2. The lowest BCUT2D eigenvalue weighted by molar-refractivity contribution is -0.119. The molecule has 2 aromatic carbocycles. The Morgan fingerprint density at radius 3 is 1.94 bits per heavy atom. The number of hydrogen-bond donors (Lipinski definition) is 2. The van der Waals surface area contributed by atoms with Crippen LogP contribution in [0.4, 0.5) is 11.6 Å². The lowest BCUT2D eigenvalue weighted by Gasteiger charge is -2.45. The van der Waals surface area contributed by atoms with Crippen molar-refractivity contribution >= 4 is 45.9 Å². The number of anilines is 2. The molecule has 2 aromatic heterocycles. The van der Waals surface area contributed by atoms with E-state index in [1.54, 1.807) is 36.9 Å². The third-order valence-electron chi connectivity index (χ3n) is 11.8. The topological polar surface area (TPSA) is 102 Å². The van der Waals surface area contributed by atoms with Crippen molar-refractivity contribution in [3.05, 3.63) is 102 Å². The number of ether oxygens (including phenoxy) is 2. The van der Waals surface area contributed by atoms with Gasteiger partial charge in [0.25, 0.3) is 0 Å². The standard InChI is InChI=1S/C42H46N4O4S2/c1-8-41(24-12-10-14-26(16-24)49-6)34-29(44-37-35(41)51-23-43-37)19-40(5,21-31(34)48)22-32-46-38-36(52-32)42(9-2,25-13-11-15-27(17-25)50-7)33-28(45-38)18-39(3,4)20-30(33)47/h10-17,23,44-45H,8-9,18-22H2,1-7H3/t40?,41-,42+/m1/s1. The summed E-state index contributed by atoms with van der Waals surface area (Å²) in [5.74, 6) is 3.53. The van der Waals surface area contributed by atoms with Crippen molar-refractivity contribution in [2.45, 2.75) is 90.4 Å². The molecule has 0 saturated heterocycles. The number of ketones is 2. The molecule has 2 aliphatic heterocycles. The number of carbonyl (C=O) groups is 2. The Kier molecular flexibility index (Phi) is 8.30. The van der Waals surface area contributed by atoms with Gasteiger partial charge in [0.15, 0.2) is 11.6 Å². The minimum absolute atomic E-state index is 0.155. The van der Waals surface area contributed by atoms with Crippen molar-refractivity contribution in [2.24, 2.45) is 10.8 Å². The van der Waals surface area contributed by atoms with Crippen LogP contribution < -0.4 is 20.1 Å². The number of hydrogen-bond acceptors (Lipinski definition) is 10. The van der Waals surface area contributed by atoms with Crippen LogP contribution >= 0.6 is 22.7 Å². The maximum atomic E-state index is 14.7. The number of rotatable bonds is 8. The van der Waals surface area contributed by atoms with Crippen LogP contribution in [-0.4, -0.2) is 35.8 Å². The normalized spacial score (nSPS) is 26.1. The summed E-state index contributed by atoms with van der Waals surface area (Å²) in [4.78, 5) is 41.0. The first-order valence-corrected chi connectivity index (χ1v) is 19.9. The van der Waals surface area contributed by atoms with Crippen LogP contribution in [-0.2, 0) is 26.8 Å². The van der Waals surface area contributed by atoms with Gasteiger partial charge >= 0.3 is 0 Å². The quantitative estimate of drug-likeness (QED) is 0.185. The maximum absolute atomic E-state index is 14.7. The number of nitrogens with zero attached hydrogens (tertiary/aromatic N) is 2. The van der Waals surface area contributed by atoms with Gasteiger partial charge in [-0.25, -0.2) is 9.97 Å². The fraction of sp³-hybridized carbons (Fsp3) is 0.429. The van der Waals surface area contributed by atoms with E-state index in [9.17, 15) is 9.59 Å². The third kappa shape index (κ3) is 5.19. The Hall–Kier alpha value is -4.28. The van der Waals surface area contributed by atoms with Gasteiger partial charge < -0.3 is 20.1 Å². The molecule has 4 aromatic rings. The molecule has 2 N–H and O–H groups in total. The van der Waals surface area contributed by atoms with Crippen LogP contribution in [0.3, 0.4) is 0 Å². The molecule has 8 rings (SSSR count). The molecule has 4 aliphatic rings. The smallest absolute Gasteiger partial charge is 0.162 e. The van der Waals surface area contributed by atoms with Crippen molar-refractivity contribution in [2.75, 3.05) is 24.9 Å². The summed E-state index contributed by atoms with van der Waals surface area (Å²) in [7, 11) is 3.36. The van der Waals surface area contributed by atoms with Gasteiger partial charge in [0, 0.05) is 41.8 Å². The molecule has 10 heteroatoms. The Morgan fingerprint density at radius 1 is 0.750 bits per heavy atom. The van der Waals surface area contributed by atoms with Crippen molar-refractivity contribution in [1.82, 2.24) is 9.97 Å². The largest absolute Gasteiger partial charge is 0.497 e.